The molecule has 1 aromatic rings. The molecule has 0 heterocycles. The van der Waals surface area contributed by atoms with Crippen LogP contribution in [0.2, 0.25) is 0 Å². The fraction of sp³-hybridized carbons (Fsp3) is 0.632. The Kier molecular flexibility index (Phi) is 7.03. The fourth-order valence-electron chi connectivity index (χ4n) is 3.59. The summed E-state index contributed by atoms with van der Waals surface area (Å²) in [6, 6.07) is 6.45. The number of rotatable bonds is 8. The number of carbonyl (C=O) groups excluding carboxylic acids is 1. The van der Waals surface area contributed by atoms with Gasteiger partial charge >= 0.3 is 0 Å². The molecule has 1 aliphatic carbocycles. The van der Waals surface area contributed by atoms with Crippen LogP contribution < -0.4 is 5.32 Å². The van der Waals surface area contributed by atoms with Gasteiger partial charge in [-0.05, 0) is 49.5 Å². The summed E-state index contributed by atoms with van der Waals surface area (Å²) in [5, 5.41) is 3.10. The van der Waals surface area contributed by atoms with Gasteiger partial charge in [-0.25, -0.2) is 4.39 Å². The molecule has 1 atom stereocenters. The SMILES string of the molecule is CCN(CC)CCNC(=O)C(c1ccc(F)cc1)C1CCCC1. The van der Waals surface area contributed by atoms with E-state index < -0.39 is 0 Å². The van der Waals surface area contributed by atoms with Crippen molar-refractivity contribution in [1.82, 2.24) is 10.2 Å². The van der Waals surface area contributed by atoms with Crippen LogP contribution in [0.5, 0.6) is 0 Å². The normalized spacial score (nSPS) is 16.7. The van der Waals surface area contributed by atoms with Crippen molar-refractivity contribution in [3.63, 3.8) is 0 Å². The van der Waals surface area contributed by atoms with Gasteiger partial charge in [-0.1, -0.05) is 38.8 Å². The predicted molar refractivity (Wildman–Crippen MR) is 91.9 cm³/mol. The lowest BCUT2D eigenvalue weighted by Gasteiger charge is -2.24. The molecule has 0 spiro atoms. The van der Waals surface area contributed by atoms with Crippen LogP contribution >= 0.6 is 0 Å². The molecule has 0 bridgehead atoms. The van der Waals surface area contributed by atoms with Crippen molar-refractivity contribution in [2.75, 3.05) is 26.2 Å². The predicted octanol–water partition coefficient (Wildman–Crippen LogP) is 3.56. The van der Waals surface area contributed by atoms with Crippen LogP contribution in [0, 0.1) is 11.7 Å². The van der Waals surface area contributed by atoms with Crippen molar-refractivity contribution < 1.29 is 9.18 Å². The highest BCUT2D eigenvalue weighted by atomic mass is 19.1. The van der Waals surface area contributed by atoms with E-state index in [1.54, 1.807) is 12.1 Å². The number of hydrogen-bond acceptors (Lipinski definition) is 2. The number of benzene rings is 1. The van der Waals surface area contributed by atoms with E-state index in [1.807, 2.05) is 0 Å². The molecule has 1 aromatic carbocycles. The lowest BCUT2D eigenvalue weighted by Crippen LogP contribution is -2.38. The van der Waals surface area contributed by atoms with E-state index >= 15 is 0 Å². The van der Waals surface area contributed by atoms with E-state index in [1.165, 1.54) is 25.0 Å². The average Bonchev–Trinajstić information content (AvgIpc) is 3.08. The summed E-state index contributed by atoms with van der Waals surface area (Å²) in [4.78, 5) is 15.0. The first-order valence-corrected chi connectivity index (χ1v) is 8.91. The molecule has 1 aliphatic rings. The molecule has 0 radical (unpaired) electrons. The molecule has 1 saturated carbocycles. The van der Waals surface area contributed by atoms with Crippen LogP contribution in [0.15, 0.2) is 24.3 Å². The summed E-state index contributed by atoms with van der Waals surface area (Å²) in [6.07, 6.45) is 4.56. The van der Waals surface area contributed by atoms with Crippen molar-refractivity contribution >= 4 is 5.91 Å². The maximum Gasteiger partial charge on any atom is 0.227 e. The summed E-state index contributed by atoms with van der Waals surface area (Å²) < 4.78 is 13.2. The average molecular weight is 320 g/mol. The van der Waals surface area contributed by atoms with E-state index in [0.29, 0.717) is 12.5 Å². The Bertz CT molecular complexity index is 479. The zero-order valence-electron chi connectivity index (χ0n) is 14.4. The monoisotopic (exact) mass is 320 g/mol. The molecule has 0 aromatic heterocycles. The molecule has 2 rings (SSSR count). The molecule has 1 unspecified atom stereocenters. The maximum absolute atomic E-state index is 13.2. The smallest absolute Gasteiger partial charge is 0.227 e. The summed E-state index contributed by atoms with van der Waals surface area (Å²) in [5.41, 5.74) is 0.943. The minimum absolute atomic E-state index is 0.0932. The highest BCUT2D eigenvalue weighted by molar-refractivity contribution is 5.84. The lowest BCUT2D eigenvalue weighted by molar-refractivity contribution is -0.123. The van der Waals surface area contributed by atoms with Gasteiger partial charge in [-0.15, -0.1) is 0 Å². The van der Waals surface area contributed by atoms with Gasteiger partial charge in [0.15, 0.2) is 0 Å². The Labute approximate surface area is 139 Å². The molecule has 0 aliphatic heterocycles. The number of hydrogen-bond donors (Lipinski definition) is 1. The van der Waals surface area contributed by atoms with Crippen LogP contribution in [0.4, 0.5) is 4.39 Å². The Morgan fingerprint density at radius 3 is 2.39 bits per heavy atom. The van der Waals surface area contributed by atoms with Crippen molar-refractivity contribution in [2.24, 2.45) is 5.92 Å². The number of carbonyl (C=O) groups is 1. The van der Waals surface area contributed by atoms with Crippen LogP contribution in [-0.2, 0) is 4.79 Å². The molecule has 23 heavy (non-hydrogen) atoms. The quantitative estimate of drug-likeness (QED) is 0.794. The minimum atomic E-state index is -0.249. The van der Waals surface area contributed by atoms with Gasteiger partial charge in [0, 0.05) is 13.1 Å². The fourth-order valence-corrected chi connectivity index (χ4v) is 3.59. The van der Waals surface area contributed by atoms with Gasteiger partial charge in [-0.3, -0.25) is 4.79 Å². The van der Waals surface area contributed by atoms with Crippen molar-refractivity contribution in [2.45, 2.75) is 45.4 Å². The Hall–Kier alpha value is -1.42. The van der Waals surface area contributed by atoms with Gasteiger partial charge < -0.3 is 10.2 Å². The summed E-state index contributed by atoms with van der Waals surface area (Å²) in [6.45, 7) is 7.80. The third-order valence-corrected chi connectivity index (χ3v) is 5.00. The standard InChI is InChI=1S/C19H29FN2O/c1-3-22(4-2)14-13-21-19(23)18(15-7-5-6-8-15)16-9-11-17(20)12-10-16/h9-12,15,18H,3-8,13-14H2,1-2H3,(H,21,23). The molecule has 1 fully saturated rings. The van der Waals surface area contributed by atoms with Gasteiger partial charge in [0.2, 0.25) is 5.91 Å². The van der Waals surface area contributed by atoms with Crippen molar-refractivity contribution in [1.29, 1.82) is 0 Å². The van der Waals surface area contributed by atoms with Crippen LogP contribution in [0.3, 0.4) is 0 Å². The zero-order chi connectivity index (χ0) is 16.7. The highest BCUT2D eigenvalue weighted by Crippen LogP contribution is 2.37. The van der Waals surface area contributed by atoms with Crippen LogP contribution in [0.1, 0.15) is 51.0 Å². The lowest BCUT2D eigenvalue weighted by atomic mass is 9.84. The van der Waals surface area contributed by atoms with Crippen LogP contribution in [-0.4, -0.2) is 37.0 Å². The Morgan fingerprint density at radius 1 is 1.22 bits per heavy atom. The first-order chi connectivity index (χ1) is 11.2. The first kappa shape index (κ1) is 17.9. The van der Waals surface area contributed by atoms with Gasteiger partial charge in [0.05, 0.1) is 5.92 Å². The second kappa shape index (κ2) is 9.02. The second-order valence-corrected chi connectivity index (χ2v) is 6.39. The third kappa shape index (κ3) is 5.03. The molecule has 4 heteroatoms. The maximum atomic E-state index is 13.2. The van der Waals surface area contributed by atoms with E-state index in [0.717, 1.165) is 38.0 Å². The molecule has 1 amide bonds. The molecular formula is C19H29FN2O. The number of amides is 1. The third-order valence-electron chi connectivity index (χ3n) is 5.00. The molecular weight excluding hydrogens is 291 g/mol. The van der Waals surface area contributed by atoms with E-state index in [9.17, 15) is 9.18 Å². The summed E-state index contributed by atoms with van der Waals surface area (Å²) in [7, 11) is 0. The Morgan fingerprint density at radius 2 is 1.83 bits per heavy atom. The minimum Gasteiger partial charge on any atom is -0.354 e. The topological polar surface area (TPSA) is 32.3 Å². The largest absolute Gasteiger partial charge is 0.354 e. The van der Waals surface area contributed by atoms with Gasteiger partial charge in [-0.2, -0.15) is 0 Å². The number of likely N-dealkylation sites (N-methyl/N-ethyl adjacent to an activating group) is 1. The summed E-state index contributed by atoms with van der Waals surface area (Å²) in [5.74, 6) is 0.0836. The number of nitrogens with one attached hydrogen (secondary N) is 1. The van der Waals surface area contributed by atoms with E-state index in [2.05, 4.69) is 24.1 Å². The number of nitrogens with zero attached hydrogens (tertiary/aromatic N) is 1. The van der Waals surface area contributed by atoms with Crippen molar-refractivity contribution in [3.8, 4) is 0 Å². The van der Waals surface area contributed by atoms with Gasteiger partial charge in [0.1, 0.15) is 5.82 Å². The number of halogens is 1. The van der Waals surface area contributed by atoms with E-state index in [4.69, 9.17) is 0 Å². The molecule has 128 valence electrons. The molecule has 1 N–H and O–H groups in total. The Balaban J connectivity index is 2.01. The van der Waals surface area contributed by atoms with Gasteiger partial charge in [0.25, 0.3) is 0 Å². The van der Waals surface area contributed by atoms with E-state index in [-0.39, 0.29) is 17.6 Å². The summed E-state index contributed by atoms with van der Waals surface area (Å²) >= 11 is 0. The van der Waals surface area contributed by atoms with Crippen LogP contribution in [0.25, 0.3) is 0 Å². The first-order valence-electron chi connectivity index (χ1n) is 8.91. The molecule has 0 saturated heterocycles. The van der Waals surface area contributed by atoms with Crippen molar-refractivity contribution in [3.05, 3.63) is 35.6 Å². The second-order valence-electron chi connectivity index (χ2n) is 6.39. The molecule has 3 nitrogen and oxygen atoms in total. The zero-order valence-corrected chi connectivity index (χ0v) is 14.4. The highest BCUT2D eigenvalue weighted by Gasteiger charge is 2.31.